The monoisotopic (exact) mass is 674 g/mol. The Balaban J connectivity index is 1.20. The van der Waals surface area contributed by atoms with Crippen LogP contribution in [-0.4, -0.2) is 9.55 Å². The molecule has 0 spiro atoms. The summed E-state index contributed by atoms with van der Waals surface area (Å²) in [7, 11) is 0. The lowest BCUT2D eigenvalue weighted by atomic mass is 9.84. The molecule has 1 aliphatic rings. The molecule has 0 aliphatic heterocycles. The number of allylic oxidation sites excluding steroid dienone is 4. The molecular weight excluding hydrogens is 641 g/mol. The van der Waals surface area contributed by atoms with Gasteiger partial charge >= 0.3 is 0 Å². The summed E-state index contributed by atoms with van der Waals surface area (Å²) < 4.78 is 2.43. The Labute approximate surface area is 307 Å². The zero-order valence-electron chi connectivity index (χ0n) is 29.1. The predicted molar refractivity (Wildman–Crippen MR) is 226 cm³/mol. The average Bonchev–Trinajstić information content (AvgIpc) is 3.56. The van der Waals surface area contributed by atoms with Crippen LogP contribution >= 0.6 is 0 Å². The van der Waals surface area contributed by atoms with E-state index in [2.05, 4.69) is 179 Å². The number of hydrogen-bond donors (Lipinski definition) is 0. The number of pyridine rings is 1. The van der Waals surface area contributed by atoms with Crippen molar-refractivity contribution in [3.8, 4) is 33.4 Å². The van der Waals surface area contributed by atoms with E-state index in [9.17, 15) is 0 Å². The molecule has 0 N–H and O–H groups in total. The van der Waals surface area contributed by atoms with Crippen molar-refractivity contribution in [2.45, 2.75) is 12.8 Å². The molecule has 0 unspecified atom stereocenters. The molecule has 0 radical (unpaired) electrons. The molecule has 53 heavy (non-hydrogen) atoms. The van der Waals surface area contributed by atoms with E-state index >= 15 is 0 Å². The number of fused-ring (bicyclic) bond motifs is 7. The van der Waals surface area contributed by atoms with Gasteiger partial charge in [-0.25, -0.2) is 0 Å². The Morgan fingerprint density at radius 3 is 1.68 bits per heavy atom. The molecule has 0 saturated carbocycles. The first-order valence-electron chi connectivity index (χ1n) is 18.5. The molecule has 2 heteroatoms. The van der Waals surface area contributed by atoms with Crippen LogP contribution in [-0.2, 0) is 0 Å². The molecule has 8 aromatic carbocycles. The van der Waals surface area contributed by atoms with E-state index in [1.165, 1.54) is 104 Å². The number of hydrogen-bond acceptors (Lipinski definition) is 1. The van der Waals surface area contributed by atoms with Crippen molar-refractivity contribution >= 4 is 70.6 Å². The molecule has 10 aromatic rings. The molecular formula is C51H34N2. The highest BCUT2D eigenvalue weighted by Crippen LogP contribution is 2.46. The van der Waals surface area contributed by atoms with Crippen molar-refractivity contribution in [1.29, 1.82) is 0 Å². The smallest absolute Gasteiger partial charge is 0.0568 e. The fourth-order valence-electron chi connectivity index (χ4n) is 8.80. The third-order valence-corrected chi connectivity index (χ3v) is 11.3. The second-order valence-corrected chi connectivity index (χ2v) is 14.3. The van der Waals surface area contributed by atoms with E-state index in [1.807, 2.05) is 12.4 Å². The van der Waals surface area contributed by atoms with Gasteiger partial charge in [0, 0.05) is 28.9 Å². The van der Waals surface area contributed by atoms with Gasteiger partial charge in [0.05, 0.1) is 11.0 Å². The van der Waals surface area contributed by atoms with Crippen LogP contribution in [0.2, 0.25) is 0 Å². The fourth-order valence-corrected chi connectivity index (χ4v) is 8.80. The van der Waals surface area contributed by atoms with Gasteiger partial charge in [-0.3, -0.25) is 4.98 Å². The van der Waals surface area contributed by atoms with Crippen molar-refractivity contribution in [2.24, 2.45) is 0 Å². The lowest BCUT2D eigenvalue weighted by molar-refractivity contribution is 0.979. The maximum Gasteiger partial charge on any atom is 0.0568 e. The molecule has 0 saturated heterocycles. The summed E-state index contributed by atoms with van der Waals surface area (Å²) >= 11 is 0. The number of nitrogens with zero attached hydrogens (tertiary/aromatic N) is 2. The van der Waals surface area contributed by atoms with Crippen LogP contribution in [0.15, 0.2) is 182 Å². The van der Waals surface area contributed by atoms with E-state index in [1.54, 1.807) is 0 Å². The minimum absolute atomic E-state index is 1.02. The summed E-state index contributed by atoms with van der Waals surface area (Å²) in [6.07, 6.45) is 12.7. The highest BCUT2D eigenvalue weighted by atomic mass is 15.0. The minimum Gasteiger partial charge on any atom is -0.313 e. The van der Waals surface area contributed by atoms with Crippen LogP contribution < -0.4 is 0 Å². The zero-order chi connectivity index (χ0) is 34.9. The number of benzene rings is 8. The Kier molecular flexibility index (Phi) is 6.72. The highest BCUT2D eigenvalue weighted by Gasteiger charge is 2.20. The van der Waals surface area contributed by atoms with Crippen LogP contribution in [0.4, 0.5) is 0 Å². The first-order chi connectivity index (χ1) is 26.3. The average molecular weight is 675 g/mol. The third kappa shape index (κ3) is 4.76. The first kappa shape index (κ1) is 29.9. The lowest BCUT2D eigenvalue weighted by Crippen LogP contribution is -1.98. The van der Waals surface area contributed by atoms with E-state index in [0.717, 1.165) is 12.8 Å². The standard InChI is InChI=1S/C51H34N2/c1-2-14-41(15-3-1)53-48-25-23-38(30-45(48)47-32-52-27-26-49(47)53)37-22-24-44-46(31-37)51(40-21-19-34-11-5-7-13-36(34)29-40)43-17-9-8-16-42(43)50(44)39-20-18-33-10-4-6-12-35(33)28-39/h1-2,4-14,16-32H,3,15H2. The van der Waals surface area contributed by atoms with Crippen LogP contribution in [0, 0.1) is 0 Å². The van der Waals surface area contributed by atoms with Gasteiger partial charge in [-0.2, -0.15) is 0 Å². The van der Waals surface area contributed by atoms with Gasteiger partial charge in [-0.15, -0.1) is 0 Å². The van der Waals surface area contributed by atoms with E-state index in [-0.39, 0.29) is 0 Å². The largest absolute Gasteiger partial charge is 0.313 e. The summed E-state index contributed by atoms with van der Waals surface area (Å²) in [6, 6.07) is 56.4. The van der Waals surface area contributed by atoms with E-state index in [0.29, 0.717) is 0 Å². The summed E-state index contributed by atoms with van der Waals surface area (Å²) in [6.45, 7) is 0. The quantitative estimate of drug-likeness (QED) is 0.170. The molecule has 2 heterocycles. The lowest BCUT2D eigenvalue weighted by Gasteiger charge is -2.19. The molecule has 2 aromatic heterocycles. The van der Waals surface area contributed by atoms with E-state index < -0.39 is 0 Å². The Hall–Kier alpha value is -6.77. The maximum atomic E-state index is 4.57. The summed E-state index contributed by atoms with van der Waals surface area (Å²) in [4.78, 5) is 4.57. The summed E-state index contributed by atoms with van der Waals surface area (Å²) in [5, 5.41) is 12.4. The first-order valence-corrected chi connectivity index (χ1v) is 18.5. The van der Waals surface area contributed by atoms with Crippen molar-refractivity contribution in [3.05, 3.63) is 182 Å². The van der Waals surface area contributed by atoms with Crippen molar-refractivity contribution in [3.63, 3.8) is 0 Å². The number of aromatic nitrogens is 2. The van der Waals surface area contributed by atoms with Gasteiger partial charge in [-0.05, 0) is 132 Å². The third-order valence-electron chi connectivity index (χ3n) is 11.3. The Bertz CT molecular complexity index is 3170. The van der Waals surface area contributed by atoms with E-state index in [4.69, 9.17) is 0 Å². The van der Waals surface area contributed by atoms with Crippen LogP contribution in [0.5, 0.6) is 0 Å². The van der Waals surface area contributed by atoms with Crippen molar-refractivity contribution in [1.82, 2.24) is 9.55 Å². The Morgan fingerprint density at radius 2 is 1.00 bits per heavy atom. The van der Waals surface area contributed by atoms with Crippen molar-refractivity contribution in [2.75, 3.05) is 0 Å². The molecule has 0 amide bonds. The molecule has 0 bridgehead atoms. The van der Waals surface area contributed by atoms with Gasteiger partial charge in [0.15, 0.2) is 0 Å². The molecule has 1 aliphatic carbocycles. The van der Waals surface area contributed by atoms with Gasteiger partial charge in [0.25, 0.3) is 0 Å². The predicted octanol–water partition coefficient (Wildman–Crippen LogP) is 14.0. The fraction of sp³-hybridized carbons (Fsp3) is 0.0392. The molecule has 0 fully saturated rings. The number of rotatable bonds is 4. The molecule has 11 rings (SSSR count). The van der Waals surface area contributed by atoms with Gasteiger partial charge in [-0.1, -0.05) is 127 Å². The molecule has 2 nitrogen and oxygen atoms in total. The van der Waals surface area contributed by atoms with Crippen molar-refractivity contribution < 1.29 is 0 Å². The van der Waals surface area contributed by atoms with Gasteiger partial charge in [0.2, 0.25) is 0 Å². The minimum atomic E-state index is 1.02. The van der Waals surface area contributed by atoms with Crippen LogP contribution in [0.25, 0.3) is 104 Å². The normalized spacial score (nSPS) is 13.2. The molecule has 248 valence electrons. The second-order valence-electron chi connectivity index (χ2n) is 14.3. The van der Waals surface area contributed by atoms with Gasteiger partial charge in [0.1, 0.15) is 0 Å². The zero-order valence-corrected chi connectivity index (χ0v) is 29.1. The Morgan fingerprint density at radius 1 is 0.434 bits per heavy atom. The molecule has 0 atom stereocenters. The highest BCUT2D eigenvalue weighted by molar-refractivity contribution is 6.23. The van der Waals surface area contributed by atoms with Crippen LogP contribution in [0.1, 0.15) is 12.8 Å². The summed E-state index contributed by atoms with van der Waals surface area (Å²) in [5.41, 5.74) is 11.2. The SMILES string of the molecule is C1=CCCC(n2c3ccncc3c3cc(-c4ccc5c(-c6ccc7ccccc7c6)c6ccccc6c(-c6ccc7ccccc7c6)c5c4)ccc32)=C1. The van der Waals surface area contributed by atoms with Gasteiger partial charge < -0.3 is 4.57 Å². The second kappa shape index (κ2) is 11.9. The topological polar surface area (TPSA) is 17.8 Å². The maximum absolute atomic E-state index is 4.57. The summed E-state index contributed by atoms with van der Waals surface area (Å²) in [5.74, 6) is 0. The van der Waals surface area contributed by atoms with Crippen LogP contribution in [0.3, 0.4) is 0 Å².